The van der Waals surface area contributed by atoms with Gasteiger partial charge in [-0.1, -0.05) is 5.16 Å². The van der Waals surface area contributed by atoms with Gasteiger partial charge in [0.1, 0.15) is 17.7 Å². The summed E-state index contributed by atoms with van der Waals surface area (Å²) in [5.41, 5.74) is 8.06. The van der Waals surface area contributed by atoms with Crippen LogP contribution in [-0.2, 0) is 0 Å². The van der Waals surface area contributed by atoms with Crippen molar-refractivity contribution >= 4 is 22.9 Å². The normalized spacial score (nSPS) is 11.0. The Bertz CT molecular complexity index is 606. The van der Waals surface area contributed by atoms with Gasteiger partial charge in [0.05, 0.1) is 18.5 Å². The highest BCUT2D eigenvalue weighted by Crippen LogP contribution is 2.37. The predicted octanol–water partition coefficient (Wildman–Crippen LogP) is 3.53. The van der Waals surface area contributed by atoms with Gasteiger partial charge < -0.3 is 19.9 Å². The van der Waals surface area contributed by atoms with Crippen LogP contribution in [0.4, 0.5) is 22.9 Å². The lowest BCUT2D eigenvalue weighted by Crippen LogP contribution is -2.22. The molecule has 0 unspecified atom stereocenters. The maximum absolute atomic E-state index is 6.05. The molecule has 0 saturated heterocycles. The van der Waals surface area contributed by atoms with Gasteiger partial charge in [-0.05, 0) is 19.9 Å². The molecule has 0 spiro atoms. The van der Waals surface area contributed by atoms with E-state index in [0.29, 0.717) is 22.9 Å². The van der Waals surface area contributed by atoms with E-state index in [4.69, 9.17) is 15.0 Å². The predicted molar refractivity (Wildman–Crippen MR) is 81.6 cm³/mol. The fourth-order valence-electron chi connectivity index (χ4n) is 2.00. The number of ether oxygens (including phenoxy) is 1. The summed E-state index contributed by atoms with van der Waals surface area (Å²) in [5, 5.41) is 11.7. The monoisotopic (exact) mass is 289 g/mol. The van der Waals surface area contributed by atoms with Crippen LogP contribution in [0.5, 0.6) is 5.75 Å². The molecule has 1 aromatic carbocycles. The van der Waals surface area contributed by atoms with Gasteiger partial charge in [0, 0.05) is 25.2 Å². The topological polar surface area (TPSA) is 89.2 Å². The first kappa shape index (κ1) is 14.8. The second kappa shape index (κ2) is 6.74. The molecule has 0 aliphatic heterocycles. The van der Waals surface area contributed by atoms with Gasteiger partial charge >= 0.3 is 0 Å². The fourth-order valence-corrected chi connectivity index (χ4v) is 2.00. The van der Waals surface area contributed by atoms with Crippen LogP contribution >= 0.6 is 0 Å². The minimum absolute atomic E-state index is 0.390. The van der Waals surface area contributed by atoms with Crippen molar-refractivity contribution < 1.29 is 9.26 Å². The van der Waals surface area contributed by atoms with Crippen LogP contribution in [-0.4, -0.2) is 25.4 Å². The molecular weight excluding hydrogens is 270 g/mol. The Balaban J connectivity index is 2.36. The van der Waals surface area contributed by atoms with E-state index in [2.05, 4.69) is 34.1 Å². The SMILES string of the molecule is CCN(CC)c1cc(N)c(N=Nc2ccon2)cc1OC. The number of azo groups is 1. The van der Waals surface area contributed by atoms with Crippen molar-refractivity contribution in [3.63, 3.8) is 0 Å². The van der Waals surface area contributed by atoms with Gasteiger partial charge in [-0.25, -0.2) is 0 Å². The number of nitrogens with zero attached hydrogens (tertiary/aromatic N) is 4. The molecule has 2 rings (SSSR count). The average molecular weight is 289 g/mol. The molecule has 7 nitrogen and oxygen atoms in total. The van der Waals surface area contributed by atoms with Gasteiger partial charge in [-0.15, -0.1) is 10.2 Å². The Morgan fingerprint density at radius 2 is 2.05 bits per heavy atom. The number of hydrogen-bond donors (Lipinski definition) is 1. The van der Waals surface area contributed by atoms with E-state index in [0.717, 1.165) is 18.8 Å². The van der Waals surface area contributed by atoms with Gasteiger partial charge in [0.25, 0.3) is 0 Å². The third-order valence-corrected chi connectivity index (χ3v) is 3.12. The summed E-state index contributed by atoms with van der Waals surface area (Å²) < 4.78 is 10.1. The molecular formula is C14H19N5O2. The first-order valence-corrected chi connectivity index (χ1v) is 6.74. The molecule has 0 bridgehead atoms. The second-order valence-corrected chi connectivity index (χ2v) is 4.31. The number of anilines is 2. The highest BCUT2D eigenvalue weighted by molar-refractivity contribution is 5.75. The van der Waals surface area contributed by atoms with Crippen molar-refractivity contribution in [2.45, 2.75) is 13.8 Å². The zero-order chi connectivity index (χ0) is 15.2. The summed E-state index contributed by atoms with van der Waals surface area (Å²) in [6.45, 7) is 5.90. The zero-order valence-electron chi connectivity index (χ0n) is 12.4. The molecule has 21 heavy (non-hydrogen) atoms. The van der Waals surface area contributed by atoms with E-state index in [1.165, 1.54) is 6.26 Å². The van der Waals surface area contributed by atoms with E-state index in [-0.39, 0.29) is 0 Å². The van der Waals surface area contributed by atoms with Crippen LogP contribution in [0.1, 0.15) is 13.8 Å². The second-order valence-electron chi connectivity index (χ2n) is 4.31. The molecule has 0 fully saturated rings. The third-order valence-electron chi connectivity index (χ3n) is 3.12. The Hall–Kier alpha value is -2.57. The van der Waals surface area contributed by atoms with Crippen LogP contribution in [0.15, 0.2) is 39.2 Å². The standard InChI is InChI=1S/C14H19N5O2/c1-4-19(5-2)12-8-10(15)11(9-13(12)20-3)16-17-14-6-7-21-18-14/h6-9H,4-5,15H2,1-3H3. The molecule has 1 aromatic heterocycles. The van der Waals surface area contributed by atoms with E-state index < -0.39 is 0 Å². The minimum Gasteiger partial charge on any atom is -0.494 e. The molecule has 0 saturated carbocycles. The maximum atomic E-state index is 6.05. The average Bonchev–Trinajstić information content (AvgIpc) is 3.01. The first-order chi connectivity index (χ1) is 10.2. The van der Waals surface area contributed by atoms with Gasteiger partial charge in [0.15, 0.2) is 0 Å². The van der Waals surface area contributed by atoms with Crippen molar-refractivity contribution in [1.29, 1.82) is 0 Å². The number of hydrogen-bond acceptors (Lipinski definition) is 7. The Labute approximate surface area is 123 Å². The molecule has 2 N–H and O–H groups in total. The Kier molecular flexibility index (Phi) is 4.76. The number of benzene rings is 1. The highest BCUT2D eigenvalue weighted by atomic mass is 16.5. The summed E-state index contributed by atoms with van der Waals surface area (Å²) in [5.74, 6) is 1.10. The molecule has 112 valence electrons. The zero-order valence-corrected chi connectivity index (χ0v) is 12.4. The number of rotatable bonds is 6. The summed E-state index contributed by atoms with van der Waals surface area (Å²) >= 11 is 0. The fraction of sp³-hybridized carbons (Fsp3) is 0.357. The van der Waals surface area contributed by atoms with Gasteiger partial charge in [-0.3, -0.25) is 0 Å². The van der Waals surface area contributed by atoms with Crippen LogP contribution in [0.2, 0.25) is 0 Å². The largest absolute Gasteiger partial charge is 0.494 e. The minimum atomic E-state index is 0.390. The number of methoxy groups -OCH3 is 1. The number of nitrogen functional groups attached to an aromatic ring is 1. The van der Waals surface area contributed by atoms with E-state index in [9.17, 15) is 0 Å². The van der Waals surface area contributed by atoms with Crippen LogP contribution in [0.3, 0.4) is 0 Å². The molecule has 0 aliphatic carbocycles. The van der Waals surface area contributed by atoms with Crippen LogP contribution in [0, 0.1) is 0 Å². The van der Waals surface area contributed by atoms with Crippen molar-refractivity contribution in [3.05, 3.63) is 24.5 Å². The summed E-state index contributed by atoms with van der Waals surface area (Å²) in [7, 11) is 1.62. The van der Waals surface area contributed by atoms with Gasteiger partial charge in [0.2, 0.25) is 5.82 Å². The van der Waals surface area contributed by atoms with Crippen LogP contribution in [0.25, 0.3) is 0 Å². The van der Waals surface area contributed by atoms with E-state index in [1.807, 2.05) is 6.07 Å². The molecule has 0 aliphatic rings. The molecule has 0 amide bonds. The Morgan fingerprint density at radius 3 is 2.62 bits per heavy atom. The summed E-state index contributed by atoms with van der Waals surface area (Å²) in [4.78, 5) is 2.16. The van der Waals surface area contributed by atoms with E-state index >= 15 is 0 Å². The molecule has 1 heterocycles. The maximum Gasteiger partial charge on any atom is 0.216 e. The van der Waals surface area contributed by atoms with Crippen molar-refractivity contribution in [1.82, 2.24) is 5.16 Å². The molecule has 7 heteroatoms. The lowest BCUT2D eigenvalue weighted by Gasteiger charge is -2.24. The van der Waals surface area contributed by atoms with Crippen molar-refractivity contribution in [3.8, 4) is 5.75 Å². The van der Waals surface area contributed by atoms with Crippen molar-refractivity contribution in [2.24, 2.45) is 10.2 Å². The first-order valence-electron chi connectivity index (χ1n) is 6.74. The van der Waals surface area contributed by atoms with E-state index in [1.54, 1.807) is 19.2 Å². The lowest BCUT2D eigenvalue weighted by molar-refractivity contribution is 0.414. The third kappa shape index (κ3) is 3.31. The highest BCUT2D eigenvalue weighted by Gasteiger charge is 2.13. The summed E-state index contributed by atoms with van der Waals surface area (Å²) in [6.07, 6.45) is 1.43. The summed E-state index contributed by atoms with van der Waals surface area (Å²) in [6, 6.07) is 5.23. The van der Waals surface area contributed by atoms with Gasteiger partial charge in [-0.2, -0.15) is 0 Å². The lowest BCUT2D eigenvalue weighted by atomic mass is 10.2. The Morgan fingerprint density at radius 1 is 1.29 bits per heavy atom. The quantitative estimate of drug-likeness (QED) is 0.649. The number of nitrogens with two attached hydrogens (primary N) is 1. The molecule has 0 radical (unpaired) electrons. The molecule has 0 atom stereocenters. The number of aromatic nitrogens is 1. The smallest absolute Gasteiger partial charge is 0.216 e. The molecule has 2 aromatic rings. The van der Waals surface area contributed by atoms with Crippen molar-refractivity contribution in [2.75, 3.05) is 30.8 Å². The van der Waals surface area contributed by atoms with Crippen LogP contribution < -0.4 is 15.4 Å².